The first kappa shape index (κ1) is 12.6. The number of nitrogens with two attached hydrogens (primary N) is 1. The Labute approximate surface area is 92.9 Å². The maximum Gasteiger partial charge on any atom is 0.358 e. The van der Waals surface area contributed by atoms with Crippen molar-refractivity contribution in [3.8, 4) is 0 Å². The van der Waals surface area contributed by atoms with Crippen LogP contribution in [0.3, 0.4) is 0 Å². The van der Waals surface area contributed by atoms with Crippen molar-refractivity contribution in [3.63, 3.8) is 0 Å². The SMILES string of the molecule is CC(O)CCn1nnc(C(=O)O)c1CCN. The van der Waals surface area contributed by atoms with Crippen molar-refractivity contribution in [2.75, 3.05) is 6.54 Å². The Kier molecular flexibility index (Phi) is 4.39. The Morgan fingerprint density at radius 3 is 2.81 bits per heavy atom. The number of hydrogen-bond acceptors (Lipinski definition) is 5. The molecule has 1 rings (SSSR count). The standard InChI is InChI=1S/C9H16N4O3/c1-6(14)3-5-13-7(2-4-10)8(9(15)16)11-12-13/h6,14H,2-5,10H2,1H3,(H,15,16). The number of aromatic nitrogens is 3. The molecule has 0 saturated carbocycles. The molecule has 0 fully saturated rings. The number of aliphatic hydroxyl groups excluding tert-OH is 1. The van der Waals surface area contributed by atoms with E-state index in [0.717, 1.165) is 0 Å². The Hall–Kier alpha value is -1.47. The molecule has 1 unspecified atom stereocenters. The highest BCUT2D eigenvalue weighted by molar-refractivity contribution is 5.86. The normalized spacial score (nSPS) is 12.7. The minimum Gasteiger partial charge on any atom is -0.476 e. The number of aliphatic hydroxyl groups is 1. The molecule has 1 heterocycles. The van der Waals surface area contributed by atoms with E-state index in [1.807, 2.05) is 0 Å². The van der Waals surface area contributed by atoms with Gasteiger partial charge in [0.1, 0.15) is 0 Å². The molecule has 4 N–H and O–H groups in total. The number of carboxylic acids is 1. The van der Waals surface area contributed by atoms with Crippen LogP contribution in [0.5, 0.6) is 0 Å². The molecule has 0 aromatic carbocycles. The van der Waals surface area contributed by atoms with Gasteiger partial charge in [0, 0.05) is 13.0 Å². The third-order valence-corrected chi connectivity index (χ3v) is 2.18. The largest absolute Gasteiger partial charge is 0.476 e. The van der Waals surface area contributed by atoms with Crippen molar-refractivity contribution in [2.45, 2.75) is 32.4 Å². The van der Waals surface area contributed by atoms with Gasteiger partial charge >= 0.3 is 5.97 Å². The molecule has 1 aromatic heterocycles. The predicted octanol–water partition coefficient (Wildman–Crippen LogP) is -0.752. The quantitative estimate of drug-likeness (QED) is 0.590. The van der Waals surface area contributed by atoms with Crippen molar-refractivity contribution in [1.82, 2.24) is 15.0 Å². The topological polar surface area (TPSA) is 114 Å². The van der Waals surface area contributed by atoms with Gasteiger partial charge in [-0.2, -0.15) is 0 Å². The maximum absolute atomic E-state index is 10.8. The van der Waals surface area contributed by atoms with E-state index in [4.69, 9.17) is 15.9 Å². The Bertz CT molecular complexity index is 362. The van der Waals surface area contributed by atoms with Gasteiger partial charge in [0.2, 0.25) is 0 Å². The summed E-state index contributed by atoms with van der Waals surface area (Å²) in [4.78, 5) is 10.8. The van der Waals surface area contributed by atoms with E-state index in [0.29, 0.717) is 31.6 Å². The zero-order chi connectivity index (χ0) is 12.1. The average Bonchev–Trinajstić information content (AvgIpc) is 2.59. The van der Waals surface area contributed by atoms with Gasteiger partial charge in [0.05, 0.1) is 11.8 Å². The highest BCUT2D eigenvalue weighted by atomic mass is 16.4. The molecular formula is C9H16N4O3. The summed E-state index contributed by atoms with van der Waals surface area (Å²) in [6, 6.07) is 0. The second kappa shape index (κ2) is 5.57. The number of rotatable bonds is 6. The molecule has 7 nitrogen and oxygen atoms in total. The van der Waals surface area contributed by atoms with Crippen LogP contribution in [0, 0.1) is 0 Å². The number of aryl methyl sites for hydroxylation is 1. The zero-order valence-corrected chi connectivity index (χ0v) is 9.13. The molecule has 0 radical (unpaired) electrons. The summed E-state index contributed by atoms with van der Waals surface area (Å²) in [6.07, 6.45) is 0.456. The monoisotopic (exact) mass is 228 g/mol. The molecule has 0 spiro atoms. The molecule has 0 aliphatic rings. The smallest absolute Gasteiger partial charge is 0.358 e. The highest BCUT2D eigenvalue weighted by Crippen LogP contribution is 2.07. The zero-order valence-electron chi connectivity index (χ0n) is 9.13. The first-order valence-corrected chi connectivity index (χ1v) is 5.10. The van der Waals surface area contributed by atoms with Crippen LogP contribution in [0.15, 0.2) is 0 Å². The van der Waals surface area contributed by atoms with E-state index in [9.17, 15) is 4.79 Å². The van der Waals surface area contributed by atoms with Crippen molar-refractivity contribution in [2.24, 2.45) is 5.73 Å². The number of hydrogen-bond donors (Lipinski definition) is 3. The molecule has 7 heteroatoms. The van der Waals surface area contributed by atoms with Gasteiger partial charge in [-0.25, -0.2) is 9.48 Å². The summed E-state index contributed by atoms with van der Waals surface area (Å²) < 4.78 is 1.49. The van der Waals surface area contributed by atoms with Crippen LogP contribution in [0.4, 0.5) is 0 Å². The number of aromatic carboxylic acids is 1. The van der Waals surface area contributed by atoms with Gasteiger partial charge in [-0.3, -0.25) is 0 Å². The summed E-state index contributed by atoms with van der Waals surface area (Å²) in [5, 5.41) is 25.4. The fourth-order valence-electron chi connectivity index (χ4n) is 1.37. The molecule has 0 amide bonds. The van der Waals surface area contributed by atoms with Crippen LogP contribution in [0.1, 0.15) is 29.5 Å². The third kappa shape index (κ3) is 3.01. The van der Waals surface area contributed by atoms with Crippen molar-refractivity contribution >= 4 is 5.97 Å². The first-order chi connectivity index (χ1) is 7.56. The van der Waals surface area contributed by atoms with Gasteiger partial charge < -0.3 is 15.9 Å². The van der Waals surface area contributed by atoms with Crippen LogP contribution in [-0.2, 0) is 13.0 Å². The van der Waals surface area contributed by atoms with Gasteiger partial charge in [0.15, 0.2) is 5.69 Å². The van der Waals surface area contributed by atoms with Crippen molar-refractivity contribution in [3.05, 3.63) is 11.4 Å². The lowest BCUT2D eigenvalue weighted by molar-refractivity contribution is 0.0689. The van der Waals surface area contributed by atoms with E-state index in [-0.39, 0.29) is 5.69 Å². The maximum atomic E-state index is 10.8. The molecule has 0 aliphatic carbocycles. The van der Waals surface area contributed by atoms with Crippen LogP contribution in [-0.4, -0.2) is 43.8 Å². The summed E-state index contributed by atoms with van der Waals surface area (Å²) in [5.41, 5.74) is 5.85. The predicted molar refractivity (Wildman–Crippen MR) is 56.0 cm³/mol. The van der Waals surface area contributed by atoms with Crippen molar-refractivity contribution in [1.29, 1.82) is 0 Å². The van der Waals surface area contributed by atoms with Gasteiger partial charge in [0.25, 0.3) is 0 Å². The van der Waals surface area contributed by atoms with Crippen LogP contribution >= 0.6 is 0 Å². The van der Waals surface area contributed by atoms with E-state index >= 15 is 0 Å². The Balaban J connectivity index is 2.86. The summed E-state index contributed by atoms with van der Waals surface area (Å²) in [6.45, 7) is 2.44. The van der Waals surface area contributed by atoms with Gasteiger partial charge in [-0.15, -0.1) is 5.10 Å². The lowest BCUT2D eigenvalue weighted by Crippen LogP contribution is -2.15. The molecule has 1 atom stereocenters. The van der Waals surface area contributed by atoms with Crippen LogP contribution < -0.4 is 5.73 Å². The number of carbonyl (C=O) groups is 1. The number of carboxylic acid groups (broad SMARTS) is 1. The third-order valence-electron chi connectivity index (χ3n) is 2.18. The highest BCUT2D eigenvalue weighted by Gasteiger charge is 2.18. The van der Waals surface area contributed by atoms with Crippen LogP contribution in [0.25, 0.3) is 0 Å². The van der Waals surface area contributed by atoms with Crippen molar-refractivity contribution < 1.29 is 15.0 Å². The average molecular weight is 228 g/mol. The molecular weight excluding hydrogens is 212 g/mol. The molecule has 90 valence electrons. The molecule has 0 aliphatic heterocycles. The fraction of sp³-hybridized carbons (Fsp3) is 0.667. The molecule has 16 heavy (non-hydrogen) atoms. The summed E-state index contributed by atoms with van der Waals surface area (Å²) in [5.74, 6) is -1.10. The first-order valence-electron chi connectivity index (χ1n) is 5.10. The number of nitrogens with zero attached hydrogens (tertiary/aromatic N) is 3. The fourth-order valence-corrected chi connectivity index (χ4v) is 1.37. The second-order valence-electron chi connectivity index (χ2n) is 3.59. The summed E-state index contributed by atoms with van der Waals surface area (Å²) >= 11 is 0. The van der Waals surface area contributed by atoms with Gasteiger partial charge in [-0.05, 0) is 19.9 Å². The molecule has 0 bridgehead atoms. The van der Waals surface area contributed by atoms with Crippen LogP contribution in [0.2, 0.25) is 0 Å². The molecule has 0 saturated heterocycles. The molecule has 1 aromatic rings. The van der Waals surface area contributed by atoms with E-state index in [2.05, 4.69) is 10.3 Å². The lowest BCUT2D eigenvalue weighted by Gasteiger charge is -2.07. The minimum absolute atomic E-state index is 0.0592. The van der Waals surface area contributed by atoms with E-state index < -0.39 is 12.1 Å². The Morgan fingerprint density at radius 2 is 2.31 bits per heavy atom. The summed E-state index contributed by atoms with van der Waals surface area (Å²) in [7, 11) is 0. The van der Waals surface area contributed by atoms with E-state index in [1.54, 1.807) is 6.92 Å². The second-order valence-corrected chi connectivity index (χ2v) is 3.59. The van der Waals surface area contributed by atoms with Gasteiger partial charge in [-0.1, -0.05) is 5.21 Å². The Morgan fingerprint density at radius 1 is 1.62 bits per heavy atom. The minimum atomic E-state index is -1.10. The van der Waals surface area contributed by atoms with E-state index in [1.165, 1.54) is 4.68 Å². The lowest BCUT2D eigenvalue weighted by atomic mass is 10.2.